The lowest BCUT2D eigenvalue weighted by Gasteiger charge is -2.34. The van der Waals surface area contributed by atoms with E-state index in [1.807, 2.05) is 45.6 Å². The maximum absolute atomic E-state index is 15.1. The molecule has 0 bridgehead atoms. The van der Waals surface area contributed by atoms with Crippen molar-refractivity contribution in [2.75, 3.05) is 31.1 Å². The monoisotopic (exact) mass is 619 g/mol. The van der Waals surface area contributed by atoms with Crippen LogP contribution in [0, 0.1) is 11.6 Å². The Labute approximate surface area is 259 Å². The molecule has 0 aliphatic carbocycles. The lowest BCUT2D eigenvalue weighted by molar-refractivity contribution is 0.0270. The van der Waals surface area contributed by atoms with Crippen molar-refractivity contribution in [2.24, 2.45) is 0 Å². The third-order valence-corrected chi connectivity index (χ3v) is 8.61. The number of carbonyl (C=O) groups is 1. The first kappa shape index (κ1) is 29.9. The molecular formula is C33H35F2N5O3S. The van der Waals surface area contributed by atoms with Gasteiger partial charge in [0.2, 0.25) is 0 Å². The number of fused-ring (bicyclic) bond motifs is 2. The normalized spacial score (nSPS) is 15.3. The van der Waals surface area contributed by atoms with E-state index in [1.54, 1.807) is 11.0 Å². The third kappa shape index (κ3) is 6.24. The molecule has 0 fully saturated rings. The van der Waals surface area contributed by atoms with Crippen LogP contribution in [-0.4, -0.2) is 63.8 Å². The first-order valence-corrected chi connectivity index (χ1v) is 15.6. The summed E-state index contributed by atoms with van der Waals surface area (Å²) in [5, 5.41) is 0.791. The van der Waals surface area contributed by atoms with Gasteiger partial charge < -0.3 is 19.3 Å². The topological polar surface area (TPSA) is 80.7 Å². The van der Waals surface area contributed by atoms with E-state index in [-0.39, 0.29) is 23.6 Å². The van der Waals surface area contributed by atoms with Gasteiger partial charge in [0.1, 0.15) is 28.7 Å². The molecule has 0 unspecified atom stereocenters. The van der Waals surface area contributed by atoms with Gasteiger partial charge in [0.15, 0.2) is 17.4 Å². The van der Waals surface area contributed by atoms with Gasteiger partial charge in [0.25, 0.3) is 0 Å². The molecule has 4 heterocycles. The number of aromatic nitrogens is 3. The summed E-state index contributed by atoms with van der Waals surface area (Å²) < 4.78 is 42.2. The third-order valence-electron chi connectivity index (χ3n) is 7.58. The molecule has 6 rings (SSSR count). The SMILES string of the molecule is CC(C)N1CCOc2c(F)cc(-c3nc(Cc4nc5cc(C6=CCN(C(=O)OC(C)(C)C)CC6)ccc5s4)ncc3F)cc21. The van der Waals surface area contributed by atoms with Gasteiger partial charge in [-0.2, -0.15) is 0 Å². The van der Waals surface area contributed by atoms with Crippen LogP contribution in [0.25, 0.3) is 27.0 Å². The van der Waals surface area contributed by atoms with Crippen LogP contribution in [-0.2, 0) is 11.2 Å². The molecule has 8 nitrogen and oxygen atoms in total. The first-order valence-electron chi connectivity index (χ1n) is 14.8. The molecule has 2 aromatic heterocycles. The van der Waals surface area contributed by atoms with Gasteiger partial charge in [-0.1, -0.05) is 12.1 Å². The summed E-state index contributed by atoms with van der Waals surface area (Å²) in [6, 6.07) is 9.30. The van der Waals surface area contributed by atoms with E-state index in [1.165, 1.54) is 17.4 Å². The molecule has 0 saturated carbocycles. The van der Waals surface area contributed by atoms with Gasteiger partial charge in [-0.05, 0) is 76.4 Å². The van der Waals surface area contributed by atoms with E-state index in [9.17, 15) is 4.79 Å². The minimum atomic E-state index is -0.624. The predicted molar refractivity (Wildman–Crippen MR) is 168 cm³/mol. The Bertz CT molecular complexity index is 1760. The van der Waals surface area contributed by atoms with E-state index >= 15 is 8.78 Å². The Morgan fingerprint density at radius 2 is 1.91 bits per heavy atom. The van der Waals surface area contributed by atoms with Crippen LogP contribution in [0.1, 0.15) is 57.4 Å². The maximum atomic E-state index is 15.1. The van der Waals surface area contributed by atoms with E-state index < -0.39 is 17.2 Å². The van der Waals surface area contributed by atoms with Crippen LogP contribution in [0.5, 0.6) is 5.75 Å². The summed E-state index contributed by atoms with van der Waals surface area (Å²) >= 11 is 1.53. The molecule has 0 atom stereocenters. The molecule has 0 saturated heterocycles. The summed E-state index contributed by atoms with van der Waals surface area (Å²) in [4.78, 5) is 29.7. The van der Waals surface area contributed by atoms with Crippen LogP contribution in [0.4, 0.5) is 19.3 Å². The molecule has 1 amide bonds. The van der Waals surface area contributed by atoms with Gasteiger partial charge in [0.05, 0.1) is 35.1 Å². The Balaban J connectivity index is 1.21. The number of anilines is 1. The highest BCUT2D eigenvalue weighted by Crippen LogP contribution is 2.39. The summed E-state index contributed by atoms with van der Waals surface area (Å²) in [5.41, 5.74) is 3.51. The summed E-state index contributed by atoms with van der Waals surface area (Å²) in [5.74, 6) is -0.592. The van der Waals surface area contributed by atoms with Gasteiger partial charge in [0, 0.05) is 24.7 Å². The number of hydrogen-bond donors (Lipinski definition) is 0. The van der Waals surface area contributed by atoms with Gasteiger partial charge in [-0.25, -0.2) is 28.5 Å². The molecule has 44 heavy (non-hydrogen) atoms. The fourth-order valence-electron chi connectivity index (χ4n) is 5.48. The van der Waals surface area contributed by atoms with E-state index in [4.69, 9.17) is 14.5 Å². The lowest BCUT2D eigenvalue weighted by atomic mass is 9.99. The molecule has 11 heteroatoms. The second-order valence-electron chi connectivity index (χ2n) is 12.3. The van der Waals surface area contributed by atoms with Crippen molar-refractivity contribution in [2.45, 2.75) is 59.1 Å². The Morgan fingerprint density at radius 3 is 2.64 bits per heavy atom. The molecule has 2 aliphatic rings. The molecule has 2 aliphatic heterocycles. The van der Waals surface area contributed by atoms with Crippen LogP contribution in [0.15, 0.2) is 42.6 Å². The van der Waals surface area contributed by atoms with E-state index in [0.29, 0.717) is 49.7 Å². The zero-order chi connectivity index (χ0) is 31.2. The predicted octanol–water partition coefficient (Wildman–Crippen LogP) is 7.25. The first-order chi connectivity index (χ1) is 20.9. The molecular weight excluding hydrogens is 584 g/mol. The number of ether oxygens (including phenoxy) is 2. The van der Waals surface area contributed by atoms with Crippen molar-refractivity contribution in [3.8, 4) is 17.0 Å². The van der Waals surface area contributed by atoms with Gasteiger partial charge in [-0.15, -0.1) is 11.3 Å². The number of benzene rings is 2. The number of rotatable bonds is 5. The standard InChI is InChI=1S/C33H35F2N5O3S/c1-19(2)40-12-13-42-31-23(34)14-22(16-26(31)40)30-24(35)18-36-28(38-30)17-29-37-25-15-21(6-7-27(25)44-29)20-8-10-39(11-9-20)32(41)43-33(3,4)5/h6-8,14-16,18-19H,9-13,17H2,1-5H3. The van der Waals surface area contributed by atoms with Crippen molar-refractivity contribution in [1.82, 2.24) is 19.9 Å². The van der Waals surface area contributed by atoms with Crippen molar-refractivity contribution >= 4 is 38.9 Å². The lowest BCUT2D eigenvalue weighted by Crippen LogP contribution is -2.39. The minimum absolute atomic E-state index is 0.0408. The Hall–Kier alpha value is -4.12. The molecule has 0 radical (unpaired) electrons. The van der Waals surface area contributed by atoms with Crippen molar-refractivity contribution in [3.05, 3.63) is 70.6 Å². The molecule has 0 N–H and O–H groups in total. The summed E-state index contributed by atoms with van der Waals surface area (Å²) in [7, 11) is 0. The number of nitrogens with zero attached hydrogens (tertiary/aromatic N) is 5. The minimum Gasteiger partial charge on any atom is -0.486 e. The van der Waals surface area contributed by atoms with Crippen molar-refractivity contribution in [3.63, 3.8) is 0 Å². The zero-order valence-electron chi connectivity index (χ0n) is 25.5. The van der Waals surface area contributed by atoms with Crippen LogP contribution < -0.4 is 9.64 Å². The maximum Gasteiger partial charge on any atom is 0.410 e. The summed E-state index contributed by atoms with van der Waals surface area (Å²) in [6.45, 7) is 11.7. The smallest absolute Gasteiger partial charge is 0.410 e. The quantitative estimate of drug-likeness (QED) is 0.233. The van der Waals surface area contributed by atoms with Crippen LogP contribution in [0.3, 0.4) is 0 Å². The average molecular weight is 620 g/mol. The number of carbonyl (C=O) groups excluding carboxylic acids is 1. The second kappa shape index (κ2) is 11.8. The number of amides is 1. The van der Waals surface area contributed by atoms with Gasteiger partial charge in [-0.3, -0.25) is 0 Å². The van der Waals surface area contributed by atoms with E-state index in [0.717, 1.165) is 39.0 Å². The number of thiazole rings is 1. The fourth-order valence-corrected chi connectivity index (χ4v) is 6.42. The van der Waals surface area contributed by atoms with Crippen molar-refractivity contribution < 1.29 is 23.0 Å². The highest BCUT2D eigenvalue weighted by atomic mass is 32.1. The molecule has 2 aromatic carbocycles. The Kier molecular flexibility index (Phi) is 8.00. The van der Waals surface area contributed by atoms with Crippen LogP contribution >= 0.6 is 11.3 Å². The highest BCUT2D eigenvalue weighted by Gasteiger charge is 2.26. The fraction of sp³-hybridized carbons (Fsp3) is 0.394. The molecule has 230 valence electrons. The highest BCUT2D eigenvalue weighted by molar-refractivity contribution is 7.18. The largest absolute Gasteiger partial charge is 0.486 e. The number of hydrogen-bond acceptors (Lipinski definition) is 8. The van der Waals surface area contributed by atoms with Crippen molar-refractivity contribution in [1.29, 1.82) is 0 Å². The van der Waals surface area contributed by atoms with Crippen LogP contribution in [0.2, 0.25) is 0 Å². The van der Waals surface area contributed by atoms with Gasteiger partial charge >= 0.3 is 6.09 Å². The van der Waals surface area contributed by atoms with E-state index in [2.05, 4.69) is 28.2 Å². The summed E-state index contributed by atoms with van der Waals surface area (Å²) in [6.07, 6.45) is 3.92. The number of halogens is 2. The second-order valence-corrected chi connectivity index (χ2v) is 13.4. The average Bonchev–Trinajstić information content (AvgIpc) is 3.38. The molecule has 4 aromatic rings. The Morgan fingerprint density at radius 1 is 1.09 bits per heavy atom. The molecule has 0 spiro atoms. The zero-order valence-corrected chi connectivity index (χ0v) is 26.3.